The zero-order chi connectivity index (χ0) is 21.6. The van der Waals surface area contributed by atoms with Crippen LogP contribution < -0.4 is 10.1 Å². The van der Waals surface area contributed by atoms with Gasteiger partial charge in [0.25, 0.3) is 0 Å². The molecule has 2 N–H and O–H groups in total. The number of carbonyl (C=O) groups excluding carboxylic acids is 1. The summed E-state index contributed by atoms with van der Waals surface area (Å²) in [6, 6.07) is 9.02. The van der Waals surface area contributed by atoms with Crippen molar-refractivity contribution < 1.29 is 32.6 Å². The van der Waals surface area contributed by atoms with Crippen LogP contribution in [0.4, 0.5) is 5.69 Å². The van der Waals surface area contributed by atoms with E-state index >= 15 is 0 Å². The average molecular weight is 419 g/mol. The highest BCUT2D eigenvalue weighted by Gasteiger charge is 2.19. The average Bonchev–Trinajstić information content (AvgIpc) is 2.70. The normalized spacial score (nSPS) is 11.3. The minimum atomic E-state index is -3.69. The maximum absolute atomic E-state index is 12.6. The van der Waals surface area contributed by atoms with Gasteiger partial charge in [-0.25, -0.2) is 18.0 Å². The Balaban J connectivity index is 2.35. The highest BCUT2D eigenvalue weighted by molar-refractivity contribution is 7.91. The van der Waals surface area contributed by atoms with Crippen LogP contribution in [0.15, 0.2) is 47.4 Å². The molecule has 8 nitrogen and oxygen atoms in total. The predicted molar refractivity (Wildman–Crippen MR) is 108 cm³/mol. The number of carboxylic acids is 1. The molecular weight excluding hydrogens is 398 g/mol. The third kappa shape index (κ3) is 5.58. The van der Waals surface area contributed by atoms with Gasteiger partial charge in [-0.2, -0.15) is 0 Å². The SMILES string of the molecule is COC(=O)c1cc(/C=C/C(=O)O)cc(C)c1NCS(=O)(=O)c1ccc(OC)cc1. The van der Waals surface area contributed by atoms with Crippen LogP contribution in [0.5, 0.6) is 5.75 Å². The Kier molecular flexibility index (Phi) is 7.00. The Morgan fingerprint density at radius 1 is 1.14 bits per heavy atom. The Labute approximate surface area is 168 Å². The fourth-order valence-corrected chi connectivity index (χ4v) is 3.67. The van der Waals surface area contributed by atoms with Gasteiger partial charge < -0.3 is 19.9 Å². The summed E-state index contributed by atoms with van der Waals surface area (Å²) in [5.74, 6) is -1.72. The number of aliphatic carboxylic acids is 1. The second-order valence-corrected chi connectivity index (χ2v) is 8.02. The van der Waals surface area contributed by atoms with Crippen LogP contribution in [0.1, 0.15) is 21.5 Å². The molecule has 0 heterocycles. The van der Waals surface area contributed by atoms with Gasteiger partial charge in [0.1, 0.15) is 11.6 Å². The van der Waals surface area contributed by atoms with Gasteiger partial charge in [-0.1, -0.05) is 0 Å². The van der Waals surface area contributed by atoms with Gasteiger partial charge in [-0.15, -0.1) is 0 Å². The monoisotopic (exact) mass is 419 g/mol. The van der Waals surface area contributed by atoms with E-state index in [0.717, 1.165) is 6.08 Å². The molecule has 2 aromatic carbocycles. The van der Waals surface area contributed by atoms with Crippen molar-refractivity contribution >= 4 is 33.5 Å². The fraction of sp³-hybridized carbons (Fsp3) is 0.200. The zero-order valence-corrected chi connectivity index (χ0v) is 16.9. The number of sulfone groups is 1. The third-order valence-electron chi connectivity index (χ3n) is 4.04. The van der Waals surface area contributed by atoms with Crippen molar-refractivity contribution in [1.29, 1.82) is 0 Å². The number of carboxylic acid groups (broad SMARTS) is 1. The highest BCUT2D eigenvalue weighted by atomic mass is 32.2. The molecule has 0 spiro atoms. The molecule has 0 aliphatic rings. The number of esters is 1. The Morgan fingerprint density at radius 2 is 1.79 bits per heavy atom. The van der Waals surface area contributed by atoms with Crippen molar-refractivity contribution in [1.82, 2.24) is 0 Å². The number of ether oxygens (including phenoxy) is 2. The van der Waals surface area contributed by atoms with Crippen LogP contribution in [0, 0.1) is 6.92 Å². The molecule has 2 rings (SSSR count). The van der Waals surface area contributed by atoms with Crippen molar-refractivity contribution in [3.05, 3.63) is 59.2 Å². The molecule has 0 saturated heterocycles. The molecule has 0 radical (unpaired) electrons. The molecule has 0 aliphatic heterocycles. The first-order valence-corrected chi connectivity index (χ1v) is 10.1. The summed E-state index contributed by atoms with van der Waals surface area (Å²) in [5.41, 5.74) is 1.42. The minimum absolute atomic E-state index is 0.0995. The quantitative estimate of drug-likeness (QED) is 0.495. The largest absolute Gasteiger partial charge is 0.497 e. The Morgan fingerprint density at radius 3 is 2.34 bits per heavy atom. The van der Waals surface area contributed by atoms with Crippen molar-refractivity contribution in [3.63, 3.8) is 0 Å². The lowest BCUT2D eigenvalue weighted by atomic mass is 10.0. The van der Waals surface area contributed by atoms with Crippen LogP contribution >= 0.6 is 0 Å². The molecule has 0 unspecified atom stereocenters. The summed E-state index contributed by atoms with van der Waals surface area (Å²) in [6.07, 6.45) is 2.27. The molecule has 2 aromatic rings. The first-order chi connectivity index (χ1) is 13.7. The molecule has 0 bridgehead atoms. The number of benzene rings is 2. The van der Waals surface area contributed by atoms with Crippen molar-refractivity contribution in [2.45, 2.75) is 11.8 Å². The summed E-state index contributed by atoms with van der Waals surface area (Å²) in [7, 11) is -1.00. The molecule has 0 saturated carbocycles. The van der Waals surface area contributed by atoms with E-state index < -0.39 is 27.7 Å². The molecule has 0 aliphatic carbocycles. The minimum Gasteiger partial charge on any atom is -0.497 e. The number of methoxy groups -OCH3 is 2. The summed E-state index contributed by atoms with van der Waals surface area (Å²) in [5, 5.41) is 11.6. The lowest BCUT2D eigenvalue weighted by Gasteiger charge is -2.15. The first kappa shape index (κ1) is 22.0. The number of carbonyl (C=O) groups is 2. The van der Waals surface area contributed by atoms with Crippen LogP contribution in [0.25, 0.3) is 6.08 Å². The number of aryl methyl sites for hydroxylation is 1. The van der Waals surface area contributed by atoms with E-state index in [1.165, 1.54) is 38.5 Å². The third-order valence-corrected chi connectivity index (χ3v) is 5.55. The van der Waals surface area contributed by atoms with Crippen molar-refractivity contribution in [2.75, 3.05) is 25.4 Å². The maximum atomic E-state index is 12.6. The number of hydrogen-bond donors (Lipinski definition) is 2. The summed E-state index contributed by atoms with van der Waals surface area (Å²) in [4.78, 5) is 23.0. The zero-order valence-electron chi connectivity index (χ0n) is 16.1. The molecular formula is C20H21NO7S. The maximum Gasteiger partial charge on any atom is 0.339 e. The van der Waals surface area contributed by atoms with Gasteiger partial charge in [-0.05, 0) is 60.5 Å². The van der Waals surface area contributed by atoms with E-state index in [1.54, 1.807) is 25.1 Å². The number of rotatable bonds is 8. The number of hydrogen-bond acceptors (Lipinski definition) is 7. The Bertz CT molecular complexity index is 1040. The van der Waals surface area contributed by atoms with Crippen LogP contribution in [-0.2, 0) is 19.4 Å². The molecule has 9 heteroatoms. The second kappa shape index (κ2) is 9.24. The predicted octanol–water partition coefficient (Wildman–Crippen LogP) is 2.73. The van der Waals surface area contributed by atoms with Crippen LogP contribution in [0.2, 0.25) is 0 Å². The van der Waals surface area contributed by atoms with Gasteiger partial charge >= 0.3 is 11.9 Å². The van der Waals surface area contributed by atoms with E-state index in [0.29, 0.717) is 22.6 Å². The summed E-state index contributed by atoms with van der Waals surface area (Å²) < 4.78 is 35.0. The van der Waals surface area contributed by atoms with Gasteiger partial charge in [-0.3, -0.25) is 0 Å². The van der Waals surface area contributed by atoms with Gasteiger partial charge in [0.15, 0.2) is 9.84 Å². The first-order valence-electron chi connectivity index (χ1n) is 8.42. The van der Waals surface area contributed by atoms with E-state index in [1.807, 2.05) is 0 Å². The second-order valence-electron chi connectivity index (χ2n) is 6.03. The van der Waals surface area contributed by atoms with Crippen molar-refractivity contribution in [2.24, 2.45) is 0 Å². The van der Waals surface area contributed by atoms with Gasteiger partial charge in [0.05, 0.1) is 30.4 Å². The lowest BCUT2D eigenvalue weighted by molar-refractivity contribution is -0.131. The van der Waals surface area contributed by atoms with E-state index in [4.69, 9.17) is 14.6 Å². The molecule has 154 valence electrons. The van der Waals surface area contributed by atoms with Gasteiger partial charge in [0.2, 0.25) is 0 Å². The fourth-order valence-electron chi connectivity index (χ4n) is 2.62. The highest BCUT2D eigenvalue weighted by Crippen LogP contribution is 2.26. The topological polar surface area (TPSA) is 119 Å². The Hall–Kier alpha value is -3.33. The lowest BCUT2D eigenvalue weighted by Crippen LogP contribution is -2.18. The van der Waals surface area contributed by atoms with Crippen LogP contribution in [0.3, 0.4) is 0 Å². The smallest absolute Gasteiger partial charge is 0.339 e. The molecule has 29 heavy (non-hydrogen) atoms. The van der Waals surface area contributed by atoms with Crippen molar-refractivity contribution in [3.8, 4) is 5.75 Å². The summed E-state index contributed by atoms with van der Waals surface area (Å²) in [6.45, 7) is 1.67. The summed E-state index contributed by atoms with van der Waals surface area (Å²) >= 11 is 0. The number of anilines is 1. The standard InChI is InChI=1S/C20H21NO7S/c1-13-10-14(4-9-18(22)23)11-17(20(24)28-3)19(13)21-12-29(25,26)16-7-5-15(27-2)6-8-16/h4-11,21H,12H2,1-3H3,(H,22,23)/b9-4+. The van der Waals surface area contributed by atoms with E-state index in [9.17, 15) is 18.0 Å². The number of nitrogens with one attached hydrogen (secondary N) is 1. The van der Waals surface area contributed by atoms with Crippen LogP contribution in [-0.4, -0.2) is 45.6 Å². The molecule has 0 atom stereocenters. The molecule has 0 amide bonds. The van der Waals surface area contributed by atoms with E-state index in [2.05, 4.69) is 5.32 Å². The molecule has 0 fully saturated rings. The molecule has 0 aromatic heterocycles. The van der Waals surface area contributed by atoms with Gasteiger partial charge in [0, 0.05) is 6.08 Å². The van der Waals surface area contributed by atoms with E-state index in [-0.39, 0.29) is 10.5 Å².